The summed E-state index contributed by atoms with van der Waals surface area (Å²) in [6, 6.07) is 8.07. The number of piperazine rings is 1. The minimum atomic E-state index is -0.193. The Kier molecular flexibility index (Phi) is 5.41. The molecule has 1 aliphatic heterocycles. The van der Waals surface area contributed by atoms with E-state index in [4.69, 9.17) is 4.74 Å². The highest BCUT2D eigenvalue weighted by Gasteiger charge is 2.21. The van der Waals surface area contributed by atoms with E-state index in [2.05, 4.69) is 11.8 Å². The molecule has 4 nitrogen and oxygen atoms in total. The quantitative estimate of drug-likeness (QED) is 0.847. The molecule has 2 rings (SSSR count). The van der Waals surface area contributed by atoms with Crippen LogP contribution in [0.2, 0.25) is 0 Å². The van der Waals surface area contributed by atoms with E-state index in [0.29, 0.717) is 6.61 Å². The first-order valence-corrected chi connectivity index (χ1v) is 7.38. The van der Waals surface area contributed by atoms with E-state index in [1.54, 1.807) is 4.90 Å². The Balaban J connectivity index is 1.74. The topological polar surface area (TPSA) is 32.8 Å². The molecule has 0 saturated carbocycles. The van der Waals surface area contributed by atoms with Crippen molar-refractivity contribution in [1.82, 2.24) is 9.80 Å². The zero-order valence-electron chi connectivity index (χ0n) is 12.5. The molecule has 1 aromatic carbocycles. The summed E-state index contributed by atoms with van der Waals surface area (Å²) in [5, 5.41) is 0. The van der Waals surface area contributed by atoms with Crippen LogP contribution >= 0.6 is 0 Å². The predicted molar refractivity (Wildman–Crippen MR) is 79.7 cm³/mol. The van der Waals surface area contributed by atoms with Gasteiger partial charge >= 0.3 is 6.09 Å². The van der Waals surface area contributed by atoms with Crippen LogP contribution in [0.25, 0.3) is 0 Å². The van der Waals surface area contributed by atoms with E-state index in [1.807, 2.05) is 31.2 Å². The second-order valence-corrected chi connectivity index (χ2v) is 5.37. The van der Waals surface area contributed by atoms with Crippen molar-refractivity contribution >= 4 is 6.09 Å². The van der Waals surface area contributed by atoms with Crippen LogP contribution in [-0.2, 0) is 11.3 Å². The molecule has 20 heavy (non-hydrogen) atoms. The van der Waals surface area contributed by atoms with Gasteiger partial charge in [0.25, 0.3) is 0 Å². The van der Waals surface area contributed by atoms with Crippen LogP contribution in [-0.4, -0.2) is 48.6 Å². The number of nitrogens with zero attached hydrogens (tertiary/aromatic N) is 2. The van der Waals surface area contributed by atoms with Crippen LogP contribution in [0.1, 0.15) is 24.5 Å². The summed E-state index contributed by atoms with van der Waals surface area (Å²) >= 11 is 0. The largest absolute Gasteiger partial charge is 0.445 e. The number of aryl methyl sites for hydroxylation is 1. The van der Waals surface area contributed by atoms with Crippen LogP contribution in [0.4, 0.5) is 4.79 Å². The monoisotopic (exact) mass is 276 g/mol. The number of ether oxygens (including phenoxy) is 1. The number of amides is 1. The van der Waals surface area contributed by atoms with Crippen molar-refractivity contribution in [2.75, 3.05) is 32.7 Å². The van der Waals surface area contributed by atoms with E-state index >= 15 is 0 Å². The highest BCUT2D eigenvalue weighted by Crippen LogP contribution is 2.08. The van der Waals surface area contributed by atoms with Gasteiger partial charge in [-0.3, -0.25) is 4.90 Å². The summed E-state index contributed by atoms with van der Waals surface area (Å²) in [5.74, 6) is 0. The fourth-order valence-electron chi connectivity index (χ4n) is 2.39. The second kappa shape index (κ2) is 7.29. The van der Waals surface area contributed by atoms with E-state index in [1.165, 1.54) is 5.56 Å². The number of hydrogen-bond donors (Lipinski definition) is 0. The van der Waals surface area contributed by atoms with Crippen molar-refractivity contribution in [3.05, 3.63) is 35.4 Å². The summed E-state index contributed by atoms with van der Waals surface area (Å²) in [6.45, 7) is 9.15. The normalized spacial score (nSPS) is 16.2. The van der Waals surface area contributed by atoms with Crippen molar-refractivity contribution in [2.45, 2.75) is 26.9 Å². The minimum absolute atomic E-state index is 0.193. The number of benzene rings is 1. The summed E-state index contributed by atoms with van der Waals surface area (Å²) < 4.78 is 5.37. The molecule has 1 heterocycles. The van der Waals surface area contributed by atoms with Gasteiger partial charge in [0.1, 0.15) is 6.61 Å². The lowest BCUT2D eigenvalue weighted by Gasteiger charge is -2.33. The molecule has 0 unspecified atom stereocenters. The fourth-order valence-corrected chi connectivity index (χ4v) is 2.39. The van der Waals surface area contributed by atoms with E-state index in [9.17, 15) is 4.79 Å². The van der Waals surface area contributed by atoms with E-state index < -0.39 is 0 Å². The SMILES string of the molecule is CCCN1CCN(C(=O)OCc2ccc(C)cc2)CC1. The molecule has 4 heteroatoms. The highest BCUT2D eigenvalue weighted by molar-refractivity contribution is 5.67. The maximum Gasteiger partial charge on any atom is 0.410 e. The van der Waals surface area contributed by atoms with Gasteiger partial charge < -0.3 is 9.64 Å². The lowest BCUT2D eigenvalue weighted by molar-refractivity contribution is 0.0717. The van der Waals surface area contributed by atoms with Gasteiger partial charge in [-0.1, -0.05) is 36.8 Å². The van der Waals surface area contributed by atoms with Crippen molar-refractivity contribution < 1.29 is 9.53 Å². The van der Waals surface area contributed by atoms with Crippen LogP contribution in [0.3, 0.4) is 0 Å². The molecule has 0 bridgehead atoms. The lowest BCUT2D eigenvalue weighted by Crippen LogP contribution is -2.48. The third-order valence-corrected chi connectivity index (χ3v) is 3.65. The summed E-state index contributed by atoms with van der Waals surface area (Å²) in [7, 11) is 0. The lowest BCUT2D eigenvalue weighted by atomic mass is 10.2. The van der Waals surface area contributed by atoms with Gasteiger partial charge in [-0.05, 0) is 25.5 Å². The van der Waals surface area contributed by atoms with Gasteiger partial charge in [-0.15, -0.1) is 0 Å². The molecule has 0 N–H and O–H groups in total. The van der Waals surface area contributed by atoms with Crippen molar-refractivity contribution in [1.29, 1.82) is 0 Å². The van der Waals surface area contributed by atoms with Crippen molar-refractivity contribution in [3.8, 4) is 0 Å². The van der Waals surface area contributed by atoms with Gasteiger partial charge in [0.15, 0.2) is 0 Å². The summed E-state index contributed by atoms with van der Waals surface area (Å²) in [4.78, 5) is 16.2. The maximum absolute atomic E-state index is 12.0. The Morgan fingerprint density at radius 3 is 2.40 bits per heavy atom. The molecule has 0 aliphatic carbocycles. The summed E-state index contributed by atoms with van der Waals surface area (Å²) in [5.41, 5.74) is 2.25. The molecule has 1 aliphatic rings. The molecule has 1 fully saturated rings. The van der Waals surface area contributed by atoms with Gasteiger partial charge in [0.2, 0.25) is 0 Å². The van der Waals surface area contributed by atoms with Crippen molar-refractivity contribution in [3.63, 3.8) is 0 Å². The molecule has 0 radical (unpaired) electrons. The van der Waals surface area contributed by atoms with Gasteiger partial charge in [0, 0.05) is 26.2 Å². The zero-order valence-corrected chi connectivity index (χ0v) is 12.5. The molecule has 0 atom stereocenters. The minimum Gasteiger partial charge on any atom is -0.445 e. The van der Waals surface area contributed by atoms with E-state index in [0.717, 1.165) is 44.7 Å². The molecular formula is C16H24N2O2. The van der Waals surface area contributed by atoms with Crippen molar-refractivity contribution in [2.24, 2.45) is 0 Å². The smallest absolute Gasteiger partial charge is 0.410 e. The van der Waals surface area contributed by atoms with E-state index in [-0.39, 0.29) is 6.09 Å². The Bertz CT molecular complexity index is 423. The third-order valence-electron chi connectivity index (χ3n) is 3.65. The first-order chi connectivity index (χ1) is 9.69. The standard InChI is InChI=1S/C16H24N2O2/c1-3-8-17-9-11-18(12-10-17)16(19)20-13-15-6-4-14(2)5-7-15/h4-7H,3,8-13H2,1-2H3. The number of carbonyl (C=O) groups is 1. The number of hydrogen-bond acceptors (Lipinski definition) is 3. The zero-order chi connectivity index (χ0) is 14.4. The number of carbonyl (C=O) groups excluding carboxylic acids is 1. The Morgan fingerprint density at radius 1 is 1.15 bits per heavy atom. The molecule has 0 aromatic heterocycles. The molecular weight excluding hydrogens is 252 g/mol. The van der Waals surface area contributed by atoms with Gasteiger partial charge in [-0.2, -0.15) is 0 Å². The second-order valence-electron chi connectivity index (χ2n) is 5.37. The molecule has 1 amide bonds. The highest BCUT2D eigenvalue weighted by atomic mass is 16.6. The van der Waals surface area contributed by atoms with Gasteiger partial charge in [0.05, 0.1) is 0 Å². The summed E-state index contributed by atoms with van der Waals surface area (Å²) in [6.07, 6.45) is 0.972. The first kappa shape index (κ1) is 14.9. The average Bonchev–Trinajstić information content (AvgIpc) is 2.47. The van der Waals surface area contributed by atoms with Crippen LogP contribution < -0.4 is 0 Å². The Labute approximate surface area is 121 Å². The molecule has 1 saturated heterocycles. The maximum atomic E-state index is 12.0. The molecule has 0 spiro atoms. The third kappa shape index (κ3) is 4.23. The van der Waals surface area contributed by atoms with Crippen LogP contribution in [0.5, 0.6) is 0 Å². The Hall–Kier alpha value is -1.55. The first-order valence-electron chi connectivity index (χ1n) is 7.38. The van der Waals surface area contributed by atoms with Crippen LogP contribution in [0.15, 0.2) is 24.3 Å². The average molecular weight is 276 g/mol. The predicted octanol–water partition coefficient (Wildman–Crippen LogP) is 2.66. The molecule has 110 valence electrons. The molecule has 1 aromatic rings. The van der Waals surface area contributed by atoms with Crippen LogP contribution in [0, 0.1) is 6.92 Å². The van der Waals surface area contributed by atoms with Gasteiger partial charge in [-0.25, -0.2) is 4.79 Å². The Morgan fingerprint density at radius 2 is 1.80 bits per heavy atom. The fraction of sp³-hybridized carbons (Fsp3) is 0.562. The number of rotatable bonds is 4.